The maximum atomic E-state index is 13.3. The molecule has 2 aromatic carbocycles. The number of carbonyl (C=O) groups excluding carboxylic acids is 2. The van der Waals surface area contributed by atoms with Crippen LogP contribution in [0.25, 0.3) is 11.4 Å². The van der Waals surface area contributed by atoms with Crippen molar-refractivity contribution < 1.29 is 23.1 Å². The van der Waals surface area contributed by atoms with Gasteiger partial charge in [0, 0.05) is 22.6 Å². The number of carbonyl (C=O) groups is 2. The van der Waals surface area contributed by atoms with Gasteiger partial charge in [-0.05, 0) is 75.4 Å². The van der Waals surface area contributed by atoms with E-state index in [-0.39, 0.29) is 16.5 Å². The molecule has 0 saturated carbocycles. The molecule has 4 aromatic rings. The average molecular weight is 484 g/mol. The van der Waals surface area contributed by atoms with Gasteiger partial charge in [-0.3, -0.25) is 4.79 Å². The average Bonchev–Trinajstić information content (AvgIpc) is 3.27. The monoisotopic (exact) mass is 483 g/mol. The summed E-state index contributed by atoms with van der Waals surface area (Å²) in [5, 5.41) is 4.23. The summed E-state index contributed by atoms with van der Waals surface area (Å²) in [6.45, 7) is 4.68. The van der Waals surface area contributed by atoms with E-state index in [9.17, 15) is 18.4 Å². The zero-order valence-corrected chi connectivity index (χ0v) is 19.4. The Balaban J connectivity index is 1.52. The molecule has 2 heterocycles. The van der Waals surface area contributed by atoms with E-state index in [2.05, 4.69) is 5.10 Å². The standard InChI is InChI=1S/C25H20ClF2N3O3/c1-14-12-21(16(3)30(14)19-8-4-17(27)5-9-19)22(32)13-34-25(33)23-15(2)29-31(24(23)26)20-10-6-18(28)7-11-20/h4-12H,13H2,1-3H3. The highest BCUT2D eigenvalue weighted by atomic mass is 35.5. The number of esters is 1. The lowest BCUT2D eigenvalue weighted by Gasteiger charge is -2.10. The summed E-state index contributed by atoms with van der Waals surface area (Å²) in [5.74, 6) is -1.96. The normalized spacial score (nSPS) is 11.0. The highest BCUT2D eigenvalue weighted by Gasteiger charge is 2.24. The number of hydrogen-bond donors (Lipinski definition) is 0. The first-order valence-corrected chi connectivity index (χ1v) is 10.7. The highest BCUT2D eigenvalue weighted by molar-refractivity contribution is 6.33. The molecule has 0 atom stereocenters. The van der Waals surface area contributed by atoms with E-state index in [0.29, 0.717) is 28.3 Å². The maximum Gasteiger partial charge on any atom is 0.343 e. The van der Waals surface area contributed by atoms with Crippen LogP contribution in [0.15, 0.2) is 54.6 Å². The summed E-state index contributed by atoms with van der Waals surface area (Å²) < 4.78 is 34.9. The summed E-state index contributed by atoms with van der Waals surface area (Å²) >= 11 is 6.35. The zero-order chi connectivity index (χ0) is 24.6. The Kier molecular flexibility index (Phi) is 6.34. The number of halogens is 3. The first kappa shape index (κ1) is 23.4. The van der Waals surface area contributed by atoms with E-state index in [1.807, 2.05) is 11.5 Å². The van der Waals surface area contributed by atoms with Crippen LogP contribution in [0.5, 0.6) is 0 Å². The van der Waals surface area contributed by atoms with Gasteiger partial charge in [-0.15, -0.1) is 0 Å². The van der Waals surface area contributed by atoms with Gasteiger partial charge in [-0.2, -0.15) is 5.10 Å². The molecule has 4 rings (SSSR count). The Morgan fingerprint density at radius 2 is 1.50 bits per heavy atom. The molecule has 0 N–H and O–H groups in total. The van der Waals surface area contributed by atoms with Gasteiger partial charge in [0.1, 0.15) is 22.4 Å². The van der Waals surface area contributed by atoms with Crippen LogP contribution in [-0.2, 0) is 4.74 Å². The van der Waals surface area contributed by atoms with Gasteiger partial charge in [-0.25, -0.2) is 18.3 Å². The van der Waals surface area contributed by atoms with E-state index in [1.54, 1.807) is 32.0 Å². The van der Waals surface area contributed by atoms with Crippen molar-refractivity contribution in [3.63, 3.8) is 0 Å². The van der Waals surface area contributed by atoms with E-state index < -0.39 is 24.2 Å². The molecule has 0 fully saturated rings. The Hall–Kier alpha value is -3.78. The third-order valence-electron chi connectivity index (χ3n) is 5.43. The van der Waals surface area contributed by atoms with E-state index in [4.69, 9.17) is 16.3 Å². The minimum absolute atomic E-state index is 0.00366. The van der Waals surface area contributed by atoms with E-state index in [1.165, 1.54) is 41.1 Å². The smallest absolute Gasteiger partial charge is 0.343 e. The summed E-state index contributed by atoms with van der Waals surface area (Å²) in [7, 11) is 0. The molecule has 0 aliphatic rings. The first-order valence-electron chi connectivity index (χ1n) is 10.3. The van der Waals surface area contributed by atoms with E-state index >= 15 is 0 Å². The molecule has 0 saturated heterocycles. The fourth-order valence-corrected chi connectivity index (χ4v) is 4.15. The lowest BCUT2D eigenvalue weighted by molar-refractivity contribution is 0.0474. The molecule has 34 heavy (non-hydrogen) atoms. The molecular weight excluding hydrogens is 464 g/mol. The van der Waals surface area contributed by atoms with Crippen molar-refractivity contribution in [1.29, 1.82) is 0 Å². The summed E-state index contributed by atoms with van der Waals surface area (Å²) in [6.07, 6.45) is 0. The van der Waals surface area contributed by atoms with Crippen molar-refractivity contribution in [1.82, 2.24) is 14.3 Å². The Morgan fingerprint density at radius 3 is 2.09 bits per heavy atom. The second-order valence-corrected chi connectivity index (χ2v) is 8.09. The third-order valence-corrected chi connectivity index (χ3v) is 5.78. The van der Waals surface area contributed by atoms with Gasteiger partial charge in [0.05, 0.1) is 11.4 Å². The fourth-order valence-electron chi connectivity index (χ4n) is 3.80. The van der Waals surface area contributed by atoms with Crippen molar-refractivity contribution in [3.05, 3.63) is 99.6 Å². The topological polar surface area (TPSA) is 66.1 Å². The molecule has 6 nitrogen and oxygen atoms in total. The van der Waals surface area contributed by atoms with Crippen molar-refractivity contribution in [2.75, 3.05) is 6.61 Å². The zero-order valence-electron chi connectivity index (χ0n) is 18.6. The van der Waals surface area contributed by atoms with Crippen molar-refractivity contribution >= 4 is 23.4 Å². The molecule has 9 heteroatoms. The lowest BCUT2D eigenvalue weighted by Crippen LogP contribution is -2.15. The molecule has 0 amide bonds. The van der Waals surface area contributed by atoms with Crippen LogP contribution < -0.4 is 0 Å². The SMILES string of the molecule is Cc1nn(-c2ccc(F)cc2)c(Cl)c1C(=O)OCC(=O)c1cc(C)n(-c2ccc(F)cc2)c1C. The minimum Gasteiger partial charge on any atom is -0.454 e. The fraction of sp³-hybridized carbons (Fsp3) is 0.160. The number of aryl methyl sites for hydroxylation is 2. The molecule has 174 valence electrons. The van der Waals surface area contributed by atoms with Crippen LogP contribution in [0.2, 0.25) is 5.15 Å². The molecule has 0 bridgehead atoms. The number of ether oxygens (including phenoxy) is 1. The van der Waals surface area contributed by atoms with Gasteiger partial charge >= 0.3 is 5.97 Å². The van der Waals surface area contributed by atoms with Crippen molar-refractivity contribution in [2.45, 2.75) is 20.8 Å². The van der Waals surface area contributed by atoms with E-state index in [0.717, 1.165) is 5.69 Å². The molecule has 0 radical (unpaired) electrons. The van der Waals surface area contributed by atoms with Crippen LogP contribution in [0, 0.1) is 32.4 Å². The number of Topliss-reactive ketones (excluding diaryl/α,β-unsaturated/α-hetero) is 1. The van der Waals surface area contributed by atoms with Crippen LogP contribution in [0.1, 0.15) is 37.8 Å². The highest BCUT2D eigenvalue weighted by Crippen LogP contribution is 2.25. The van der Waals surface area contributed by atoms with Gasteiger partial charge in [0.2, 0.25) is 5.78 Å². The van der Waals surface area contributed by atoms with Gasteiger partial charge < -0.3 is 9.30 Å². The molecule has 0 unspecified atom stereocenters. The second-order valence-electron chi connectivity index (χ2n) is 7.74. The number of benzene rings is 2. The van der Waals surface area contributed by atoms with Crippen LogP contribution in [-0.4, -0.2) is 32.7 Å². The van der Waals surface area contributed by atoms with Crippen LogP contribution in [0.3, 0.4) is 0 Å². The van der Waals surface area contributed by atoms with Crippen molar-refractivity contribution in [3.8, 4) is 11.4 Å². The molecule has 2 aromatic heterocycles. The third kappa shape index (κ3) is 4.36. The number of rotatable bonds is 6. The number of aromatic nitrogens is 3. The van der Waals surface area contributed by atoms with Gasteiger partial charge in [0.25, 0.3) is 0 Å². The number of ketones is 1. The molecule has 0 aliphatic carbocycles. The Labute approximate surface area is 199 Å². The molecule has 0 aliphatic heterocycles. The lowest BCUT2D eigenvalue weighted by atomic mass is 10.1. The second kappa shape index (κ2) is 9.23. The van der Waals surface area contributed by atoms with Crippen LogP contribution >= 0.6 is 11.6 Å². The Morgan fingerprint density at radius 1 is 0.941 bits per heavy atom. The number of nitrogens with zero attached hydrogens (tertiary/aromatic N) is 3. The van der Waals surface area contributed by atoms with Gasteiger partial charge in [0.15, 0.2) is 6.61 Å². The quantitative estimate of drug-likeness (QED) is 0.266. The van der Waals surface area contributed by atoms with Crippen molar-refractivity contribution in [2.24, 2.45) is 0 Å². The molecular formula is C25H20ClF2N3O3. The van der Waals surface area contributed by atoms with Crippen LogP contribution in [0.4, 0.5) is 8.78 Å². The largest absolute Gasteiger partial charge is 0.454 e. The molecule has 0 spiro atoms. The Bertz CT molecular complexity index is 1390. The maximum absolute atomic E-state index is 13.3. The first-order chi connectivity index (χ1) is 16.2. The minimum atomic E-state index is -0.795. The number of hydrogen-bond acceptors (Lipinski definition) is 4. The predicted molar refractivity (Wildman–Crippen MR) is 123 cm³/mol. The summed E-state index contributed by atoms with van der Waals surface area (Å²) in [4.78, 5) is 25.6. The predicted octanol–water partition coefficient (Wildman–Crippen LogP) is 5.56. The summed E-state index contributed by atoms with van der Waals surface area (Å²) in [5.41, 5.74) is 3.32. The van der Waals surface area contributed by atoms with Gasteiger partial charge in [-0.1, -0.05) is 11.6 Å². The summed E-state index contributed by atoms with van der Waals surface area (Å²) in [6, 6.07) is 13.1.